The van der Waals surface area contributed by atoms with Gasteiger partial charge in [-0.2, -0.15) is 4.98 Å². The number of aryl methyl sites for hydroxylation is 1. The summed E-state index contributed by atoms with van der Waals surface area (Å²) in [4.78, 5) is 11.6. The van der Waals surface area contributed by atoms with Crippen molar-refractivity contribution in [1.29, 1.82) is 0 Å². The van der Waals surface area contributed by atoms with Crippen molar-refractivity contribution >= 4 is 11.8 Å². The molecule has 1 aliphatic rings. The Kier molecular flexibility index (Phi) is 3.77. The second-order valence-electron chi connectivity index (χ2n) is 6.49. The quantitative estimate of drug-likeness (QED) is 0.942. The average Bonchev–Trinajstić information content (AvgIpc) is 2.52. The maximum Gasteiger partial charge on any atom is 0.224 e. The molecule has 1 aliphatic heterocycles. The van der Waals surface area contributed by atoms with E-state index in [1.807, 2.05) is 7.05 Å². The molecule has 4 nitrogen and oxygen atoms in total. The number of anilines is 2. The molecule has 3 rings (SSSR count). The molecule has 22 heavy (non-hydrogen) atoms. The summed E-state index contributed by atoms with van der Waals surface area (Å²) in [7, 11) is 1.87. The zero-order chi connectivity index (χ0) is 15.7. The predicted molar refractivity (Wildman–Crippen MR) is 91.4 cm³/mol. The van der Waals surface area contributed by atoms with Gasteiger partial charge in [0.05, 0.1) is 0 Å². The molecule has 0 saturated heterocycles. The van der Waals surface area contributed by atoms with E-state index in [2.05, 4.69) is 66.3 Å². The standard InChI is InChI=1S/C18H24N4/c1-5-15-10-16(21-17(19-4)20-15)22-12-14-9-7-6-8-13(14)11-18(22,2)3/h6-10H,5,11-12H2,1-4H3,(H,19,20,21). The van der Waals surface area contributed by atoms with Crippen molar-refractivity contribution in [3.05, 3.63) is 47.2 Å². The lowest BCUT2D eigenvalue weighted by molar-refractivity contribution is 0.427. The first-order valence-corrected chi connectivity index (χ1v) is 7.93. The van der Waals surface area contributed by atoms with E-state index >= 15 is 0 Å². The summed E-state index contributed by atoms with van der Waals surface area (Å²) >= 11 is 0. The van der Waals surface area contributed by atoms with E-state index in [0.717, 1.165) is 30.9 Å². The van der Waals surface area contributed by atoms with Crippen LogP contribution < -0.4 is 10.2 Å². The summed E-state index contributed by atoms with van der Waals surface area (Å²) < 4.78 is 0. The highest BCUT2D eigenvalue weighted by Gasteiger charge is 2.33. The van der Waals surface area contributed by atoms with Crippen LogP contribution in [0.1, 0.15) is 37.6 Å². The van der Waals surface area contributed by atoms with Crippen molar-refractivity contribution in [1.82, 2.24) is 9.97 Å². The lowest BCUT2D eigenvalue weighted by Gasteiger charge is -2.44. The van der Waals surface area contributed by atoms with E-state index < -0.39 is 0 Å². The highest BCUT2D eigenvalue weighted by molar-refractivity contribution is 5.51. The van der Waals surface area contributed by atoms with Crippen LogP contribution in [0, 0.1) is 0 Å². The van der Waals surface area contributed by atoms with Crippen molar-refractivity contribution in [3.8, 4) is 0 Å². The van der Waals surface area contributed by atoms with Crippen molar-refractivity contribution < 1.29 is 0 Å². The Balaban J connectivity index is 2.04. The highest BCUT2D eigenvalue weighted by Crippen LogP contribution is 2.34. The Morgan fingerprint density at radius 1 is 1.18 bits per heavy atom. The molecule has 0 unspecified atom stereocenters. The van der Waals surface area contributed by atoms with Crippen LogP contribution in [0.3, 0.4) is 0 Å². The zero-order valence-electron chi connectivity index (χ0n) is 13.8. The van der Waals surface area contributed by atoms with Gasteiger partial charge in [-0.1, -0.05) is 31.2 Å². The Morgan fingerprint density at radius 2 is 1.91 bits per heavy atom. The Labute approximate surface area is 132 Å². The number of nitrogens with zero attached hydrogens (tertiary/aromatic N) is 3. The fraction of sp³-hybridized carbons (Fsp3) is 0.444. The second kappa shape index (κ2) is 5.59. The van der Waals surface area contributed by atoms with Crippen LogP contribution in [0.2, 0.25) is 0 Å². The van der Waals surface area contributed by atoms with Gasteiger partial charge < -0.3 is 10.2 Å². The fourth-order valence-electron chi connectivity index (χ4n) is 3.14. The van der Waals surface area contributed by atoms with Gasteiger partial charge >= 0.3 is 0 Å². The molecule has 116 valence electrons. The lowest BCUT2D eigenvalue weighted by atomic mass is 9.85. The third-order valence-electron chi connectivity index (χ3n) is 4.43. The van der Waals surface area contributed by atoms with Gasteiger partial charge in [0.2, 0.25) is 5.95 Å². The first-order chi connectivity index (χ1) is 10.5. The van der Waals surface area contributed by atoms with Crippen LogP contribution in [-0.4, -0.2) is 22.6 Å². The normalized spacial score (nSPS) is 16.3. The Bertz CT molecular complexity index is 656. The minimum atomic E-state index is 0.0404. The van der Waals surface area contributed by atoms with Gasteiger partial charge in [0.25, 0.3) is 0 Å². The molecule has 1 N–H and O–H groups in total. The van der Waals surface area contributed by atoms with Gasteiger partial charge in [-0.05, 0) is 37.8 Å². The topological polar surface area (TPSA) is 41.1 Å². The van der Waals surface area contributed by atoms with Crippen LogP contribution in [0.5, 0.6) is 0 Å². The first-order valence-electron chi connectivity index (χ1n) is 7.93. The Morgan fingerprint density at radius 3 is 2.59 bits per heavy atom. The molecule has 1 aromatic heterocycles. The second-order valence-corrected chi connectivity index (χ2v) is 6.49. The molecule has 1 aromatic carbocycles. The number of benzene rings is 1. The number of aromatic nitrogens is 2. The highest BCUT2D eigenvalue weighted by atomic mass is 15.3. The van der Waals surface area contributed by atoms with Gasteiger partial charge in [0.1, 0.15) is 5.82 Å². The van der Waals surface area contributed by atoms with E-state index in [-0.39, 0.29) is 5.54 Å². The third kappa shape index (κ3) is 2.65. The van der Waals surface area contributed by atoms with Crippen LogP contribution in [0.4, 0.5) is 11.8 Å². The molecule has 0 saturated carbocycles. The van der Waals surface area contributed by atoms with Gasteiger partial charge in [0.15, 0.2) is 0 Å². The average molecular weight is 296 g/mol. The van der Waals surface area contributed by atoms with Crippen molar-refractivity contribution in [2.24, 2.45) is 0 Å². The van der Waals surface area contributed by atoms with E-state index in [0.29, 0.717) is 5.95 Å². The summed E-state index contributed by atoms with van der Waals surface area (Å²) in [6.45, 7) is 7.60. The number of nitrogens with one attached hydrogen (secondary N) is 1. The molecule has 0 atom stereocenters. The van der Waals surface area contributed by atoms with Crippen molar-refractivity contribution in [2.45, 2.75) is 45.7 Å². The van der Waals surface area contributed by atoms with Crippen molar-refractivity contribution in [2.75, 3.05) is 17.3 Å². The molecule has 0 spiro atoms. The monoisotopic (exact) mass is 296 g/mol. The zero-order valence-corrected chi connectivity index (χ0v) is 13.8. The molecule has 4 heteroatoms. The largest absolute Gasteiger partial charge is 0.357 e. The predicted octanol–water partition coefficient (Wildman–Crippen LogP) is 3.42. The summed E-state index contributed by atoms with van der Waals surface area (Å²) in [6.07, 6.45) is 1.94. The van der Waals surface area contributed by atoms with Gasteiger partial charge in [-0.3, -0.25) is 0 Å². The molecule has 2 aromatic rings. The number of rotatable bonds is 3. The minimum absolute atomic E-state index is 0.0404. The smallest absolute Gasteiger partial charge is 0.224 e. The molecule has 0 radical (unpaired) electrons. The van der Waals surface area contributed by atoms with Crippen molar-refractivity contribution in [3.63, 3.8) is 0 Å². The van der Waals surface area contributed by atoms with Crippen LogP contribution >= 0.6 is 0 Å². The van der Waals surface area contributed by atoms with E-state index in [1.165, 1.54) is 11.1 Å². The summed E-state index contributed by atoms with van der Waals surface area (Å²) in [5.41, 5.74) is 3.95. The minimum Gasteiger partial charge on any atom is -0.357 e. The summed E-state index contributed by atoms with van der Waals surface area (Å²) in [5.74, 6) is 1.71. The van der Waals surface area contributed by atoms with Crippen LogP contribution in [0.15, 0.2) is 30.3 Å². The number of fused-ring (bicyclic) bond motifs is 1. The van der Waals surface area contributed by atoms with E-state index in [4.69, 9.17) is 4.98 Å². The molecule has 0 fully saturated rings. The summed E-state index contributed by atoms with van der Waals surface area (Å²) in [6, 6.07) is 10.8. The maximum atomic E-state index is 4.70. The van der Waals surface area contributed by atoms with Gasteiger partial charge in [0, 0.05) is 30.9 Å². The third-order valence-corrected chi connectivity index (χ3v) is 4.43. The van der Waals surface area contributed by atoms with E-state index in [9.17, 15) is 0 Å². The summed E-state index contributed by atoms with van der Waals surface area (Å²) in [5, 5.41) is 3.08. The van der Waals surface area contributed by atoms with Gasteiger partial charge in [-0.15, -0.1) is 0 Å². The van der Waals surface area contributed by atoms with E-state index in [1.54, 1.807) is 0 Å². The molecular weight excluding hydrogens is 272 g/mol. The van der Waals surface area contributed by atoms with Crippen LogP contribution in [0.25, 0.3) is 0 Å². The fourth-order valence-corrected chi connectivity index (χ4v) is 3.14. The number of hydrogen-bond acceptors (Lipinski definition) is 4. The lowest BCUT2D eigenvalue weighted by Crippen LogP contribution is -2.49. The van der Waals surface area contributed by atoms with Crippen LogP contribution in [-0.2, 0) is 19.4 Å². The molecule has 0 amide bonds. The SMILES string of the molecule is CCc1cc(N2Cc3ccccc3CC2(C)C)nc(NC)n1. The molecule has 0 aliphatic carbocycles. The maximum absolute atomic E-state index is 4.70. The molecular formula is C18H24N4. The first kappa shape index (κ1) is 14.8. The van der Waals surface area contributed by atoms with Gasteiger partial charge in [-0.25, -0.2) is 4.98 Å². The Hall–Kier alpha value is -2.10. The molecule has 0 bridgehead atoms. The molecule has 2 heterocycles. The number of hydrogen-bond donors (Lipinski definition) is 1.